The zero-order valence-electron chi connectivity index (χ0n) is 2.31. The Morgan fingerprint density at radius 1 is 1.00 bits per heavy atom. The van der Waals surface area contributed by atoms with Gasteiger partial charge >= 0.3 is 58.7 Å². The zero-order valence-corrected chi connectivity index (χ0v) is 12.7. The van der Waals surface area contributed by atoms with E-state index in [0.29, 0.717) is 0 Å². The van der Waals surface area contributed by atoms with Crippen LogP contribution in [-0.2, 0) is 39.4 Å². The maximum absolute atomic E-state index is 0. The van der Waals surface area contributed by atoms with Crippen LogP contribution in [0.1, 0.15) is 0 Å². The van der Waals surface area contributed by atoms with Gasteiger partial charge in [-0.2, -0.15) is 0 Å². The Hall–Kier alpha value is 3.13. The number of hydrogen-bond donors (Lipinski definition) is 0. The fourth-order valence-electron chi connectivity index (χ4n) is 0. The molecule has 0 saturated heterocycles. The van der Waals surface area contributed by atoms with Gasteiger partial charge in [0.15, 0.2) is 0 Å². The van der Waals surface area contributed by atoms with Crippen LogP contribution in [0.4, 0.5) is 0 Å². The second-order valence-corrected chi connectivity index (χ2v) is 0. The van der Waals surface area contributed by atoms with Crippen molar-refractivity contribution in [3.63, 3.8) is 0 Å². The van der Waals surface area contributed by atoms with Crippen LogP contribution in [0.2, 0.25) is 0 Å². The average Bonchev–Trinajstić information content (AvgIpc) is 0. The van der Waals surface area contributed by atoms with Crippen molar-refractivity contribution < 1.29 is 39.4 Å². The SMILES string of the molecule is [Ag].[AsH3].[Cu].[SeH2].[TeH2]. The Labute approximate surface area is 96.5 Å². The molecule has 0 bridgehead atoms. The molecule has 0 aromatic carbocycles. The first-order valence-corrected chi connectivity index (χ1v) is 0. The van der Waals surface area contributed by atoms with Crippen LogP contribution in [0.3, 0.4) is 0 Å². The molecule has 5 heavy (non-hydrogen) atoms. The molecule has 1 atom stereocenters. The molecule has 0 aromatic rings. The van der Waals surface area contributed by atoms with Gasteiger partial charge in [-0.05, 0) is 0 Å². The van der Waals surface area contributed by atoms with Crippen molar-refractivity contribution in [1.82, 2.24) is 0 Å². The predicted molar refractivity (Wildman–Crippen MR) is 27.0 cm³/mol. The third-order valence-electron chi connectivity index (χ3n) is 0. The van der Waals surface area contributed by atoms with E-state index in [-0.39, 0.29) is 98.1 Å². The monoisotopic (exact) mass is 462 g/mol. The van der Waals surface area contributed by atoms with Crippen molar-refractivity contribution in [2.45, 2.75) is 0 Å². The Morgan fingerprint density at radius 3 is 1.00 bits per heavy atom. The maximum atomic E-state index is 0. The molecule has 0 nitrogen and oxygen atoms in total. The van der Waals surface area contributed by atoms with Crippen LogP contribution in [0, 0.1) is 0 Å². The summed E-state index contributed by atoms with van der Waals surface area (Å²) in [6.07, 6.45) is 0. The van der Waals surface area contributed by atoms with E-state index in [2.05, 4.69) is 0 Å². The van der Waals surface area contributed by atoms with E-state index in [0.717, 1.165) is 0 Å². The first-order chi connectivity index (χ1) is 0. The summed E-state index contributed by atoms with van der Waals surface area (Å²) in [4.78, 5) is 0. The molecule has 0 aliphatic heterocycles. The van der Waals surface area contributed by atoms with Gasteiger partial charge in [0.05, 0.1) is 0 Å². The first-order valence-electron chi connectivity index (χ1n) is 0. The second kappa shape index (κ2) is 27.4. The summed E-state index contributed by atoms with van der Waals surface area (Å²) >= 11 is 0. The molecule has 0 aliphatic carbocycles. The second-order valence-electron chi connectivity index (χ2n) is 0. The molecule has 0 spiro atoms. The van der Waals surface area contributed by atoms with E-state index >= 15 is 0 Å². The van der Waals surface area contributed by atoms with Gasteiger partial charge in [-0.25, -0.2) is 0 Å². The fourth-order valence-corrected chi connectivity index (χ4v) is 0. The van der Waals surface area contributed by atoms with Gasteiger partial charge in [-0.15, -0.1) is 0 Å². The Morgan fingerprint density at radius 2 is 1.00 bits per heavy atom. The number of rotatable bonds is 0. The molecule has 1 unspecified atom stereocenters. The van der Waals surface area contributed by atoms with Crippen LogP contribution in [0.25, 0.3) is 0 Å². The molecule has 0 amide bonds. The van der Waals surface area contributed by atoms with Crippen LogP contribution in [0.5, 0.6) is 0 Å². The molecule has 5 heteroatoms. The third kappa shape index (κ3) is 19.2. The molecule has 0 heterocycles. The van der Waals surface area contributed by atoms with Crippen molar-refractivity contribution in [1.29, 1.82) is 0 Å². The van der Waals surface area contributed by atoms with Crippen LogP contribution in [0.15, 0.2) is 0 Å². The van der Waals surface area contributed by atoms with E-state index in [1.807, 2.05) is 0 Å². The van der Waals surface area contributed by atoms with Crippen LogP contribution in [-0.4, -0.2) is 58.7 Å². The topological polar surface area (TPSA) is 0 Å². The van der Waals surface area contributed by atoms with Crippen molar-refractivity contribution in [2.24, 2.45) is 0 Å². The van der Waals surface area contributed by atoms with E-state index in [9.17, 15) is 0 Å². The van der Waals surface area contributed by atoms with Crippen molar-refractivity contribution >= 4 is 58.7 Å². The van der Waals surface area contributed by atoms with Gasteiger partial charge in [0.1, 0.15) is 0 Å². The minimum absolute atomic E-state index is 0. The quantitative estimate of drug-likeness (QED) is 0.338. The first kappa shape index (κ1) is 42.2. The molecule has 0 rings (SSSR count). The standard InChI is InChI=1S/Ag.AsH3.Cu.H2Se.H2Te/h;1H3;;2*1H2. The van der Waals surface area contributed by atoms with Crippen molar-refractivity contribution in [3.05, 3.63) is 0 Å². The molecular weight excluding hydrogens is 453 g/mol. The molecule has 0 saturated carbocycles. The van der Waals surface area contributed by atoms with Gasteiger partial charge in [0.25, 0.3) is 0 Å². The summed E-state index contributed by atoms with van der Waals surface area (Å²) in [7, 11) is 0. The van der Waals surface area contributed by atoms with Gasteiger partial charge in [-0.1, -0.05) is 0 Å². The van der Waals surface area contributed by atoms with E-state index in [4.69, 9.17) is 0 Å². The van der Waals surface area contributed by atoms with Gasteiger partial charge < -0.3 is 0 Å². The minimum atomic E-state index is 0. The van der Waals surface area contributed by atoms with Crippen molar-refractivity contribution in [3.8, 4) is 0 Å². The van der Waals surface area contributed by atoms with Gasteiger partial charge in [0.2, 0.25) is 0 Å². The Kier molecular flexibility index (Phi) is 231. The van der Waals surface area contributed by atoms with Crippen molar-refractivity contribution in [2.75, 3.05) is 0 Å². The molecule has 46 valence electrons. The normalized spacial score (nSPS) is 0. The molecule has 0 aliphatic rings. The van der Waals surface area contributed by atoms with E-state index < -0.39 is 0 Å². The van der Waals surface area contributed by atoms with E-state index in [1.165, 1.54) is 0 Å². The summed E-state index contributed by atoms with van der Waals surface area (Å²) in [6.45, 7) is 0. The predicted octanol–water partition coefficient (Wildman–Crippen LogP) is -3.02. The summed E-state index contributed by atoms with van der Waals surface area (Å²) in [5.74, 6) is 0. The fraction of sp³-hybridized carbons (Fsp3) is 0. The van der Waals surface area contributed by atoms with Crippen LogP contribution >= 0.6 is 0 Å². The molecule has 2 radical (unpaired) electrons. The zero-order chi connectivity index (χ0) is 0. The average molecular weight is 460 g/mol. The summed E-state index contributed by atoms with van der Waals surface area (Å²) in [6, 6.07) is 0. The summed E-state index contributed by atoms with van der Waals surface area (Å²) < 4.78 is 0. The Balaban J connectivity index is 0. The molecule has 0 fully saturated rings. The van der Waals surface area contributed by atoms with Gasteiger partial charge in [0, 0.05) is 39.4 Å². The summed E-state index contributed by atoms with van der Waals surface area (Å²) in [5.41, 5.74) is 0. The molecule has 0 N–H and O–H groups in total. The Bertz CT molecular complexity index is 11.6. The van der Waals surface area contributed by atoms with Crippen LogP contribution < -0.4 is 0 Å². The van der Waals surface area contributed by atoms with E-state index in [1.54, 1.807) is 0 Å². The number of hydrogen-bond acceptors (Lipinski definition) is 0. The molecular formula is H7AgAsCuSeTe. The van der Waals surface area contributed by atoms with Gasteiger partial charge in [-0.3, -0.25) is 0 Å². The molecule has 0 aromatic heterocycles. The third-order valence-corrected chi connectivity index (χ3v) is 0. The summed E-state index contributed by atoms with van der Waals surface area (Å²) in [5, 5.41) is 0.